The molecular formula is C4H11BrOSi. The molecular weight excluding hydrogens is 172 g/mol. The summed E-state index contributed by atoms with van der Waals surface area (Å²) in [5.41, 5.74) is 0. The highest BCUT2D eigenvalue weighted by molar-refractivity contribution is 9.11. The summed E-state index contributed by atoms with van der Waals surface area (Å²) in [5.74, 6) is 0. The Morgan fingerprint density at radius 2 is 2.00 bits per heavy atom. The molecule has 0 aromatic rings. The molecule has 0 N–H and O–H groups in total. The molecule has 3 heteroatoms. The van der Waals surface area contributed by atoms with Gasteiger partial charge >= 0.3 is 0 Å². The van der Waals surface area contributed by atoms with Crippen LogP contribution in [0.3, 0.4) is 0 Å². The predicted molar refractivity (Wildman–Crippen MR) is 40.5 cm³/mol. The smallest absolute Gasteiger partial charge is 0.157 e. The van der Waals surface area contributed by atoms with Crippen LogP contribution in [0.15, 0.2) is 11.6 Å². The Labute approximate surface area is 55.8 Å². The minimum Gasteiger partial charge on any atom is -0.427 e. The minimum atomic E-state index is -0.0756. The van der Waals surface area contributed by atoms with Crippen molar-refractivity contribution in [2.75, 3.05) is 7.11 Å². The molecule has 7 heavy (non-hydrogen) atoms. The zero-order valence-electron chi connectivity index (χ0n) is 4.78. The summed E-state index contributed by atoms with van der Waals surface area (Å²) >= 11 is 2.91. The van der Waals surface area contributed by atoms with Crippen molar-refractivity contribution in [1.29, 1.82) is 0 Å². The highest BCUT2D eigenvalue weighted by Gasteiger charge is 1.55. The molecule has 0 amide bonds. The third-order valence-corrected chi connectivity index (χ3v) is 0.866. The number of halogens is 1. The summed E-state index contributed by atoms with van der Waals surface area (Å²) < 4.78 is 4.68. The fraction of sp³-hybridized carbons (Fsp3) is 0.500. The standard InChI is InChI=1S/C2H3Br.C2H8OSi/c1-2-3;1-3-4-2/h2H,1H2;4H2,1-2H3. The van der Waals surface area contributed by atoms with Gasteiger partial charge in [0.1, 0.15) is 0 Å². The molecule has 0 aromatic heterocycles. The van der Waals surface area contributed by atoms with Gasteiger partial charge in [-0.3, -0.25) is 0 Å². The van der Waals surface area contributed by atoms with Gasteiger partial charge in [-0.05, 0) is 4.99 Å². The van der Waals surface area contributed by atoms with Crippen LogP contribution in [0.4, 0.5) is 0 Å². The zero-order valence-corrected chi connectivity index (χ0v) is 7.78. The first-order valence-corrected chi connectivity index (χ1v) is 4.94. The van der Waals surface area contributed by atoms with Crippen molar-refractivity contribution < 1.29 is 4.43 Å². The fourth-order valence-corrected chi connectivity index (χ4v) is 0. The Balaban J connectivity index is 0. The summed E-state index contributed by atoms with van der Waals surface area (Å²) in [6.07, 6.45) is 0. The lowest BCUT2D eigenvalue weighted by Crippen LogP contribution is -1.79. The molecule has 0 saturated heterocycles. The monoisotopic (exact) mass is 182 g/mol. The Morgan fingerprint density at radius 1 is 1.86 bits per heavy atom. The Hall–Kier alpha value is 0.397. The van der Waals surface area contributed by atoms with E-state index >= 15 is 0 Å². The molecule has 0 saturated carbocycles. The van der Waals surface area contributed by atoms with Crippen molar-refractivity contribution in [2.45, 2.75) is 6.55 Å². The van der Waals surface area contributed by atoms with E-state index in [-0.39, 0.29) is 9.76 Å². The van der Waals surface area contributed by atoms with Crippen LogP contribution in [0.1, 0.15) is 0 Å². The van der Waals surface area contributed by atoms with Crippen molar-refractivity contribution >= 4 is 25.7 Å². The summed E-state index contributed by atoms with van der Waals surface area (Å²) in [5, 5.41) is 0. The van der Waals surface area contributed by atoms with Crippen LogP contribution in [-0.2, 0) is 4.43 Å². The minimum absolute atomic E-state index is 0.0756. The van der Waals surface area contributed by atoms with E-state index < -0.39 is 0 Å². The fourth-order valence-electron chi connectivity index (χ4n) is 0. The van der Waals surface area contributed by atoms with Crippen LogP contribution in [0.2, 0.25) is 6.55 Å². The van der Waals surface area contributed by atoms with Crippen LogP contribution in [0.25, 0.3) is 0 Å². The molecule has 0 heterocycles. The van der Waals surface area contributed by atoms with Gasteiger partial charge in [0.15, 0.2) is 9.76 Å². The molecule has 0 aliphatic rings. The second-order valence-corrected chi connectivity index (χ2v) is 2.53. The van der Waals surface area contributed by atoms with Gasteiger partial charge in [-0.1, -0.05) is 29.1 Å². The van der Waals surface area contributed by atoms with E-state index in [4.69, 9.17) is 0 Å². The van der Waals surface area contributed by atoms with Gasteiger partial charge in [-0.15, -0.1) is 0 Å². The van der Waals surface area contributed by atoms with Crippen molar-refractivity contribution in [3.8, 4) is 0 Å². The molecule has 0 radical (unpaired) electrons. The molecule has 0 aliphatic heterocycles. The van der Waals surface area contributed by atoms with Crippen LogP contribution in [-0.4, -0.2) is 16.9 Å². The van der Waals surface area contributed by atoms with Crippen molar-refractivity contribution in [3.05, 3.63) is 11.6 Å². The molecule has 44 valence electrons. The average molecular weight is 183 g/mol. The van der Waals surface area contributed by atoms with Crippen LogP contribution >= 0.6 is 15.9 Å². The molecule has 1 nitrogen and oxygen atoms in total. The van der Waals surface area contributed by atoms with E-state index in [0.717, 1.165) is 0 Å². The number of hydrogen-bond donors (Lipinski definition) is 0. The first-order chi connectivity index (χ1) is 3.33. The Kier molecular flexibility index (Phi) is 24.0. The molecule has 0 aliphatic carbocycles. The van der Waals surface area contributed by atoms with E-state index in [0.29, 0.717) is 0 Å². The molecule has 0 fully saturated rings. The summed E-state index contributed by atoms with van der Waals surface area (Å²) in [7, 11) is 1.67. The van der Waals surface area contributed by atoms with Crippen LogP contribution < -0.4 is 0 Å². The highest BCUT2D eigenvalue weighted by atomic mass is 79.9. The van der Waals surface area contributed by atoms with Crippen molar-refractivity contribution in [2.24, 2.45) is 0 Å². The van der Waals surface area contributed by atoms with E-state index in [9.17, 15) is 0 Å². The third-order valence-electron chi connectivity index (χ3n) is 0.289. The van der Waals surface area contributed by atoms with Gasteiger partial charge in [0.2, 0.25) is 0 Å². The van der Waals surface area contributed by atoms with Gasteiger partial charge in [0.05, 0.1) is 0 Å². The van der Waals surface area contributed by atoms with Crippen molar-refractivity contribution in [3.63, 3.8) is 0 Å². The Bertz CT molecular complexity index is 30.9. The summed E-state index contributed by atoms with van der Waals surface area (Å²) in [6.45, 7) is 5.38. The number of rotatable bonds is 1. The lowest BCUT2D eigenvalue weighted by Gasteiger charge is -1.75. The average Bonchev–Trinajstić information content (AvgIpc) is 1.69. The quantitative estimate of drug-likeness (QED) is 0.556. The number of hydrogen-bond acceptors (Lipinski definition) is 1. The first kappa shape index (κ1) is 10.4. The van der Waals surface area contributed by atoms with Crippen molar-refractivity contribution in [1.82, 2.24) is 0 Å². The SMILES string of the molecule is C=CBr.CO[SiH2]C. The summed E-state index contributed by atoms with van der Waals surface area (Å²) in [4.78, 5) is 1.56. The van der Waals surface area contributed by atoms with E-state index in [2.05, 4.69) is 33.5 Å². The first-order valence-electron chi connectivity index (χ1n) is 2.03. The molecule has 0 unspecified atom stereocenters. The predicted octanol–water partition coefficient (Wildman–Crippen LogP) is 1.29. The third kappa shape index (κ3) is 63.4. The second-order valence-electron chi connectivity index (χ2n) is 0.732. The topological polar surface area (TPSA) is 9.23 Å². The summed E-state index contributed by atoms with van der Waals surface area (Å²) in [6, 6.07) is 0. The molecule has 0 spiro atoms. The Morgan fingerprint density at radius 3 is 2.00 bits per heavy atom. The maximum atomic E-state index is 4.68. The largest absolute Gasteiger partial charge is 0.427 e. The maximum Gasteiger partial charge on any atom is 0.157 e. The lowest BCUT2D eigenvalue weighted by molar-refractivity contribution is 0.446. The van der Waals surface area contributed by atoms with E-state index in [1.54, 1.807) is 12.1 Å². The molecule has 0 atom stereocenters. The molecule has 0 bridgehead atoms. The van der Waals surface area contributed by atoms with Gasteiger partial charge in [0.25, 0.3) is 0 Å². The van der Waals surface area contributed by atoms with Crippen LogP contribution in [0.5, 0.6) is 0 Å². The lowest BCUT2D eigenvalue weighted by atomic mass is 11.3. The van der Waals surface area contributed by atoms with Gasteiger partial charge in [-0.25, -0.2) is 0 Å². The molecule has 0 rings (SSSR count). The second kappa shape index (κ2) is 16.1. The van der Waals surface area contributed by atoms with Crippen LogP contribution in [0, 0.1) is 0 Å². The maximum absolute atomic E-state index is 4.68. The van der Waals surface area contributed by atoms with Gasteiger partial charge in [-0.2, -0.15) is 0 Å². The van der Waals surface area contributed by atoms with E-state index in [1.165, 1.54) is 0 Å². The highest BCUT2D eigenvalue weighted by Crippen LogP contribution is 1.68. The van der Waals surface area contributed by atoms with E-state index in [1.807, 2.05) is 0 Å². The zero-order chi connectivity index (χ0) is 6.12. The molecule has 0 aromatic carbocycles. The normalized spacial score (nSPS) is 7.86. The van der Waals surface area contributed by atoms with Gasteiger partial charge < -0.3 is 4.43 Å². The van der Waals surface area contributed by atoms with Gasteiger partial charge in [0, 0.05) is 7.11 Å².